The molecule has 0 bridgehead atoms. The van der Waals surface area contributed by atoms with E-state index in [9.17, 15) is 19.2 Å². The first-order valence-electron chi connectivity index (χ1n) is 19.0. The number of aryl methyl sites for hydroxylation is 4. The standard InChI is InChI=1S/C40H47N11O8S/c1-8-50-27(16-22(3)46-50)37(54)44-39-43-26-18-24(35(41)52)19-29(56-5)33(26)48(39)13-10-11-14-49-34-30(59-15-12-32(57-6)58-7)20-25(36(42)53)21-31(34)60-40(49)45-38(55)28-17-23(4)47-51(28)9-2/h10-11,16-21,32H,8-9,12-15H2,1-7H3,(H2,41,52)(H2,42,53)(H,43,44,54)/b11-10+,45-40-. The van der Waals surface area contributed by atoms with Crippen LogP contribution in [0.25, 0.3) is 21.3 Å². The average Bonchev–Trinajstić information content (AvgIpc) is 3.99. The fourth-order valence-corrected chi connectivity index (χ4v) is 7.77. The van der Waals surface area contributed by atoms with Gasteiger partial charge in [0.1, 0.15) is 33.9 Å². The Balaban J connectivity index is 1.44. The SMILES string of the molecule is CCn1nc(C)cc1C(=O)/N=c1\sc2cc(C(N)=O)cc(OCCC(OC)OC)c2n1C/C=C/Cn1c(NC(=O)c2cc(C)nn2CC)nc2cc(C(N)=O)cc(OC)c21. The molecule has 0 atom stereocenters. The number of hydrogen-bond donors (Lipinski definition) is 3. The van der Waals surface area contributed by atoms with Gasteiger partial charge in [-0.05, 0) is 64.1 Å². The first-order chi connectivity index (χ1) is 28.8. The van der Waals surface area contributed by atoms with Crippen LogP contribution in [0.2, 0.25) is 0 Å². The number of carbonyl (C=O) groups excluding carboxylic acids is 4. The first-order valence-corrected chi connectivity index (χ1v) is 19.8. The van der Waals surface area contributed by atoms with Crippen molar-refractivity contribution in [2.45, 2.75) is 66.6 Å². The molecule has 0 unspecified atom stereocenters. The quantitative estimate of drug-likeness (QED) is 0.0827. The highest BCUT2D eigenvalue weighted by atomic mass is 32.1. The monoisotopic (exact) mass is 841 g/mol. The Hall–Kier alpha value is -6.64. The Morgan fingerprint density at radius 2 is 1.42 bits per heavy atom. The number of allylic oxidation sites excluding steroid dienone is 2. The van der Waals surface area contributed by atoms with Gasteiger partial charge in [-0.2, -0.15) is 15.2 Å². The number of nitrogens with one attached hydrogen (secondary N) is 1. The lowest BCUT2D eigenvalue weighted by molar-refractivity contribution is -0.110. The zero-order chi connectivity index (χ0) is 43.2. The lowest BCUT2D eigenvalue weighted by atomic mass is 10.1. The minimum Gasteiger partial charge on any atom is -0.494 e. The van der Waals surface area contributed by atoms with Crippen molar-refractivity contribution in [2.24, 2.45) is 16.5 Å². The Labute approximate surface area is 348 Å². The van der Waals surface area contributed by atoms with Crippen molar-refractivity contribution in [3.05, 3.63) is 87.3 Å². The van der Waals surface area contributed by atoms with Crippen molar-refractivity contribution in [3.8, 4) is 11.5 Å². The zero-order valence-electron chi connectivity index (χ0n) is 34.3. The second-order valence-corrected chi connectivity index (χ2v) is 14.5. The van der Waals surface area contributed by atoms with E-state index < -0.39 is 29.9 Å². The number of thiazole rings is 1. The molecule has 0 radical (unpaired) electrons. The van der Waals surface area contributed by atoms with E-state index in [-0.39, 0.29) is 36.8 Å². The molecule has 6 rings (SSSR count). The second kappa shape index (κ2) is 18.5. The van der Waals surface area contributed by atoms with Crippen molar-refractivity contribution in [1.82, 2.24) is 33.7 Å². The van der Waals surface area contributed by atoms with Gasteiger partial charge in [0, 0.05) is 57.9 Å². The van der Waals surface area contributed by atoms with Gasteiger partial charge in [-0.25, -0.2) is 4.98 Å². The Bertz CT molecular complexity index is 2700. The molecule has 4 aromatic heterocycles. The van der Waals surface area contributed by atoms with Gasteiger partial charge in [0.25, 0.3) is 11.8 Å². The van der Waals surface area contributed by atoms with E-state index in [0.717, 1.165) is 0 Å². The molecule has 4 amide bonds. The van der Waals surface area contributed by atoms with Gasteiger partial charge in [-0.15, -0.1) is 0 Å². The number of imidazole rings is 1. The molecule has 316 valence electrons. The molecule has 6 aromatic rings. The number of amides is 4. The Morgan fingerprint density at radius 3 is 2.03 bits per heavy atom. The molecule has 0 spiro atoms. The molecule has 60 heavy (non-hydrogen) atoms. The maximum Gasteiger partial charge on any atom is 0.297 e. The van der Waals surface area contributed by atoms with Crippen molar-refractivity contribution < 1.29 is 38.1 Å². The van der Waals surface area contributed by atoms with Gasteiger partial charge < -0.3 is 39.5 Å². The minimum atomic E-state index is -0.671. The summed E-state index contributed by atoms with van der Waals surface area (Å²) < 4.78 is 29.9. The Morgan fingerprint density at radius 1 is 0.817 bits per heavy atom. The first kappa shape index (κ1) is 43.0. The van der Waals surface area contributed by atoms with E-state index in [1.54, 1.807) is 56.6 Å². The van der Waals surface area contributed by atoms with Crippen molar-refractivity contribution >= 4 is 62.2 Å². The third-order valence-electron chi connectivity index (χ3n) is 9.49. The summed E-state index contributed by atoms with van der Waals surface area (Å²) >= 11 is 1.19. The van der Waals surface area contributed by atoms with Crippen LogP contribution in [0.5, 0.6) is 11.5 Å². The molecule has 19 nitrogen and oxygen atoms in total. The fourth-order valence-electron chi connectivity index (χ4n) is 6.68. The number of benzene rings is 2. The maximum atomic E-state index is 13.7. The van der Waals surface area contributed by atoms with E-state index in [0.29, 0.717) is 79.8 Å². The molecule has 0 aliphatic rings. The number of methoxy groups -OCH3 is 3. The van der Waals surface area contributed by atoms with E-state index >= 15 is 0 Å². The highest BCUT2D eigenvalue weighted by Crippen LogP contribution is 2.32. The summed E-state index contributed by atoms with van der Waals surface area (Å²) in [4.78, 5) is 61.6. The molecule has 0 saturated carbocycles. The third-order valence-corrected chi connectivity index (χ3v) is 10.5. The summed E-state index contributed by atoms with van der Waals surface area (Å²) in [5.41, 5.74) is 15.2. The zero-order valence-corrected chi connectivity index (χ0v) is 35.2. The van der Waals surface area contributed by atoms with E-state index in [1.165, 1.54) is 44.8 Å². The molecule has 0 aliphatic heterocycles. The third kappa shape index (κ3) is 8.99. The van der Waals surface area contributed by atoms with Crippen LogP contribution in [0.3, 0.4) is 0 Å². The molecule has 0 saturated heterocycles. The Kier molecular flexibility index (Phi) is 13.3. The lowest BCUT2D eigenvalue weighted by Gasteiger charge is -2.15. The van der Waals surface area contributed by atoms with E-state index in [4.69, 9.17) is 30.4 Å². The van der Waals surface area contributed by atoms with E-state index in [2.05, 4.69) is 25.5 Å². The largest absolute Gasteiger partial charge is 0.494 e. The molecule has 0 aliphatic carbocycles. The van der Waals surface area contributed by atoms with Gasteiger partial charge in [0.15, 0.2) is 11.1 Å². The summed E-state index contributed by atoms with van der Waals surface area (Å²) in [5.74, 6) is -1.44. The number of hydrogen-bond acceptors (Lipinski definition) is 12. The molecular weight excluding hydrogens is 795 g/mol. The number of fused-ring (bicyclic) bond motifs is 2. The maximum absolute atomic E-state index is 13.7. The predicted molar refractivity (Wildman–Crippen MR) is 223 cm³/mol. The fraction of sp³-hybridized carbons (Fsp3) is 0.350. The number of ether oxygens (including phenoxy) is 4. The lowest BCUT2D eigenvalue weighted by Crippen LogP contribution is -2.20. The predicted octanol–water partition coefficient (Wildman–Crippen LogP) is 3.95. The summed E-state index contributed by atoms with van der Waals surface area (Å²) in [6.45, 7) is 8.80. The van der Waals surface area contributed by atoms with E-state index in [1.807, 2.05) is 26.0 Å². The molecule has 5 N–H and O–H groups in total. The molecule has 2 aromatic carbocycles. The van der Waals surface area contributed by atoms with Gasteiger partial charge >= 0.3 is 0 Å². The van der Waals surface area contributed by atoms with Crippen LogP contribution in [0.1, 0.15) is 73.3 Å². The number of carbonyl (C=O) groups is 4. The van der Waals surface area contributed by atoms with Crippen LogP contribution >= 0.6 is 11.3 Å². The topological polar surface area (TPSA) is 240 Å². The van der Waals surface area contributed by atoms with Gasteiger partial charge in [-0.1, -0.05) is 23.5 Å². The molecular formula is C40H47N11O8S. The molecule has 20 heteroatoms. The summed E-state index contributed by atoms with van der Waals surface area (Å²) in [6, 6.07) is 9.60. The van der Waals surface area contributed by atoms with Gasteiger partial charge in [0.2, 0.25) is 17.8 Å². The number of nitrogens with two attached hydrogens (primary N) is 2. The average molecular weight is 842 g/mol. The van der Waals surface area contributed by atoms with Crippen LogP contribution in [0, 0.1) is 13.8 Å². The van der Waals surface area contributed by atoms with Crippen LogP contribution in [0.15, 0.2) is 53.5 Å². The number of nitrogens with zero attached hydrogens (tertiary/aromatic N) is 8. The summed E-state index contributed by atoms with van der Waals surface area (Å²) in [5, 5.41) is 11.7. The van der Waals surface area contributed by atoms with Gasteiger partial charge in [0.05, 0.1) is 35.3 Å². The number of primary amides is 2. The normalized spacial score (nSPS) is 12.0. The number of aromatic nitrogens is 7. The van der Waals surface area contributed by atoms with Crippen LogP contribution in [-0.4, -0.2) is 91.5 Å². The number of rotatable bonds is 18. The van der Waals surface area contributed by atoms with Crippen molar-refractivity contribution in [3.63, 3.8) is 0 Å². The smallest absolute Gasteiger partial charge is 0.297 e. The summed E-state index contributed by atoms with van der Waals surface area (Å²) in [7, 11) is 4.51. The highest BCUT2D eigenvalue weighted by Gasteiger charge is 2.22. The van der Waals surface area contributed by atoms with Crippen LogP contribution in [0.4, 0.5) is 5.95 Å². The second-order valence-electron chi connectivity index (χ2n) is 13.5. The summed E-state index contributed by atoms with van der Waals surface area (Å²) in [6.07, 6.45) is 3.54. The minimum absolute atomic E-state index is 0.163. The van der Waals surface area contributed by atoms with Crippen LogP contribution < -0.4 is 31.1 Å². The van der Waals surface area contributed by atoms with Gasteiger partial charge in [-0.3, -0.25) is 33.9 Å². The molecule has 0 fully saturated rings. The van der Waals surface area contributed by atoms with Crippen molar-refractivity contribution in [2.75, 3.05) is 33.3 Å². The number of anilines is 1. The highest BCUT2D eigenvalue weighted by molar-refractivity contribution is 7.16. The van der Waals surface area contributed by atoms with Crippen LogP contribution in [-0.2, 0) is 35.7 Å². The molecule has 4 heterocycles. The van der Waals surface area contributed by atoms with Crippen molar-refractivity contribution in [1.29, 1.82) is 0 Å².